The molecule has 31 heavy (non-hydrogen) atoms. The van der Waals surface area contributed by atoms with Gasteiger partial charge in [-0.05, 0) is 75.9 Å². The molecule has 1 amide bonds. The summed E-state index contributed by atoms with van der Waals surface area (Å²) >= 11 is 6.16. The van der Waals surface area contributed by atoms with Crippen LogP contribution in [0.1, 0.15) is 62.1 Å². The van der Waals surface area contributed by atoms with E-state index in [0.29, 0.717) is 40.9 Å². The predicted molar refractivity (Wildman–Crippen MR) is 118 cm³/mol. The van der Waals surface area contributed by atoms with Crippen molar-refractivity contribution >= 4 is 23.3 Å². The first-order valence-electron chi connectivity index (χ1n) is 10.8. The van der Waals surface area contributed by atoms with E-state index in [1.807, 2.05) is 18.2 Å². The molecule has 2 N–H and O–H groups in total. The van der Waals surface area contributed by atoms with Gasteiger partial charge in [-0.15, -0.1) is 5.10 Å². The largest absolute Gasteiger partial charge is 0.477 e. The average Bonchev–Trinajstić information content (AvgIpc) is 2.81. The van der Waals surface area contributed by atoms with Gasteiger partial charge in [0.2, 0.25) is 0 Å². The van der Waals surface area contributed by atoms with Gasteiger partial charge < -0.3 is 15.4 Å². The fourth-order valence-corrected chi connectivity index (χ4v) is 4.56. The second kappa shape index (κ2) is 9.63. The molecule has 7 nitrogen and oxygen atoms in total. The molecule has 1 saturated carbocycles. The second-order valence-corrected chi connectivity index (χ2v) is 8.64. The van der Waals surface area contributed by atoms with Crippen LogP contribution in [0.4, 0.5) is 5.82 Å². The third kappa shape index (κ3) is 4.97. The van der Waals surface area contributed by atoms with E-state index >= 15 is 0 Å². The molecular weight excluding hydrogens is 414 g/mol. The van der Waals surface area contributed by atoms with Crippen molar-refractivity contribution in [2.75, 3.05) is 18.4 Å². The zero-order chi connectivity index (χ0) is 21.7. The SMILES string of the molecule is N#Cc1ccc(OC2(C(=O)Nc3ccc(C4CCNCC4)nn3)CCCCC2)cc1Cl. The second-order valence-electron chi connectivity index (χ2n) is 8.23. The van der Waals surface area contributed by atoms with Crippen molar-refractivity contribution in [1.82, 2.24) is 15.5 Å². The molecule has 0 unspecified atom stereocenters. The van der Waals surface area contributed by atoms with Crippen LogP contribution in [0.5, 0.6) is 5.75 Å². The number of halogens is 1. The number of nitrogens with one attached hydrogen (secondary N) is 2. The van der Waals surface area contributed by atoms with E-state index in [9.17, 15) is 4.79 Å². The van der Waals surface area contributed by atoms with Crippen LogP contribution in [0, 0.1) is 11.3 Å². The Bertz CT molecular complexity index is 961. The van der Waals surface area contributed by atoms with Crippen LogP contribution < -0.4 is 15.4 Å². The van der Waals surface area contributed by atoms with Crippen molar-refractivity contribution in [3.63, 3.8) is 0 Å². The number of nitrogens with zero attached hydrogens (tertiary/aromatic N) is 3. The minimum absolute atomic E-state index is 0.225. The molecule has 2 aromatic rings. The summed E-state index contributed by atoms with van der Waals surface area (Å²) in [6, 6.07) is 10.7. The van der Waals surface area contributed by atoms with Gasteiger partial charge in [0.25, 0.3) is 5.91 Å². The lowest BCUT2D eigenvalue weighted by atomic mass is 9.83. The number of aromatic nitrogens is 2. The van der Waals surface area contributed by atoms with E-state index in [2.05, 4.69) is 20.8 Å². The summed E-state index contributed by atoms with van der Waals surface area (Å²) in [6.07, 6.45) is 6.18. The van der Waals surface area contributed by atoms with Crippen LogP contribution in [0.2, 0.25) is 5.02 Å². The van der Waals surface area contributed by atoms with E-state index < -0.39 is 5.60 Å². The maximum atomic E-state index is 13.3. The number of rotatable bonds is 5. The lowest BCUT2D eigenvalue weighted by Crippen LogP contribution is -2.49. The maximum absolute atomic E-state index is 13.3. The number of anilines is 1. The first-order valence-corrected chi connectivity index (χ1v) is 11.2. The highest BCUT2D eigenvalue weighted by Gasteiger charge is 2.42. The number of amides is 1. The van der Waals surface area contributed by atoms with E-state index in [0.717, 1.165) is 50.9 Å². The number of carbonyl (C=O) groups excluding carboxylic acids is 1. The van der Waals surface area contributed by atoms with Crippen molar-refractivity contribution in [2.45, 2.75) is 56.5 Å². The van der Waals surface area contributed by atoms with E-state index in [1.54, 1.807) is 18.2 Å². The van der Waals surface area contributed by atoms with E-state index in [4.69, 9.17) is 21.6 Å². The van der Waals surface area contributed by atoms with Crippen molar-refractivity contribution in [1.29, 1.82) is 5.26 Å². The molecule has 2 aliphatic rings. The normalized spacial score (nSPS) is 18.7. The topological polar surface area (TPSA) is 99.9 Å². The number of carbonyl (C=O) groups is 1. The molecule has 2 heterocycles. The summed E-state index contributed by atoms with van der Waals surface area (Å²) in [7, 11) is 0. The number of benzene rings is 1. The van der Waals surface area contributed by atoms with Gasteiger partial charge in [-0.2, -0.15) is 10.4 Å². The number of hydrogen-bond donors (Lipinski definition) is 2. The van der Waals surface area contributed by atoms with Crippen LogP contribution in [-0.4, -0.2) is 34.8 Å². The van der Waals surface area contributed by atoms with Gasteiger partial charge in [0.05, 0.1) is 16.3 Å². The number of hydrogen-bond acceptors (Lipinski definition) is 6. The monoisotopic (exact) mass is 439 g/mol. The quantitative estimate of drug-likeness (QED) is 0.724. The Kier molecular flexibility index (Phi) is 6.69. The Morgan fingerprint density at radius 3 is 2.58 bits per heavy atom. The summed E-state index contributed by atoms with van der Waals surface area (Å²) in [6.45, 7) is 1.98. The summed E-state index contributed by atoms with van der Waals surface area (Å²) in [5.41, 5.74) is 0.348. The average molecular weight is 440 g/mol. The predicted octanol–water partition coefficient (Wildman–Crippen LogP) is 4.19. The molecule has 0 spiro atoms. The standard InChI is InChI=1S/C23H26ClN5O2/c24-19-14-18(5-4-17(19)15-25)31-23(10-2-1-3-11-23)22(30)27-21-7-6-20(28-29-21)16-8-12-26-13-9-16/h4-7,14,16,26H,1-3,8-13H2,(H,27,29,30). The third-order valence-corrected chi connectivity index (χ3v) is 6.45. The highest BCUT2D eigenvalue weighted by molar-refractivity contribution is 6.31. The van der Waals surface area contributed by atoms with E-state index in [-0.39, 0.29) is 5.91 Å². The molecule has 1 aromatic carbocycles. The van der Waals surface area contributed by atoms with Gasteiger partial charge in [-0.1, -0.05) is 18.0 Å². The zero-order valence-corrected chi connectivity index (χ0v) is 18.1. The number of nitriles is 1. The smallest absolute Gasteiger partial charge is 0.269 e. The fourth-order valence-electron chi connectivity index (χ4n) is 4.35. The molecule has 0 atom stereocenters. The highest BCUT2D eigenvalue weighted by atomic mass is 35.5. The van der Waals surface area contributed by atoms with Gasteiger partial charge in [0, 0.05) is 12.0 Å². The molecule has 2 fully saturated rings. The van der Waals surface area contributed by atoms with Gasteiger partial charge in [-0.3, -0.25) is 4.79 Å². The molecule has 162 valence electrons. The van der Waals surface area contributed by atoms with Crippen LogP contribution in [0.25, 0.3) is 0 Å². The van der Waals surface area contributed by atoms with Gasteiger partial charge in [0.1, 0.15) is 11.8 Å². The van der Waals surface area contributed by atoms with Crippen molar-refractivity contribution in [3.8, 4) is 11.8 Å². The summed E-state index contributed by atoms with van der Waals surface area (Å²) in [5.74, 6) is 1.09. The van der Waals surface area contributed by atoms with Crippen molar-refractivity contribution in [2.24, 2.45) is 0 Å². The molecule has 4 rings (SSSR count). The zero-order valence-electron chi connectivity index (χ0n) is 17.4. The first-order chi connectivity index (χ1) is 15.1. The van der Waals surface area contributed by atoms with Gasteiger partial charge in [0.15, 0.2) is 11.4 Å². The molecular formula is C23H26ClN5O2. The molecule has 8 heteroatoms. The minimum atomic E-state index is -0.995. The Hall–Kier alpha value is -2.69. The molecule has 0 radical (unpaired) electrons. The maximum Gasteiger partial charge on any atom is 0.269 e. The first kappa shape index (κ1) is 21.5. The lowest BCUT2D eigenvalue weighted by Gasteiger charge is -2.36. The Morgan fingerprint density at radius 1 is 1.16 bits per heavy atom. The van der Waals surface area contributed by atoms with Gasteiger partial charge in [-0.25, -0.2) is 0 Å². The summed E-state index contributed by atoms with van der Waals surface area (Å²) in [4.78, 5) is 13.3. The van der Waals surface area contributed by atoms with Crippen molar-refractivity contribution < 1.29 is 9.53 Å². The number of piperidine rings is 1. The van der Waals surface area contributed by atoms with E-state index in [1.165, 1.54) is 0 Å². The molecule has 1 saturated heterocycles. The molecule has 1 aliphatic heterocycles. The fraction of sp³-hybridized carbons (Fsp3) is 0.478. The summed E-state index contributed by atoms with van der Waals surface area (Å²) < 4.78 is 6.22. The molecule has 1 aromatic heterocycles. The molecule has 1 aliphatic carbocycles. The van der Waals surface area contributed by atoms with Crippen LogP contribution in [-0.2, 0) is 4.79 Å². The highest BCUT2D eigenvalue weighted by Crippen LogP contribution is 2.35. The molecule has 0 bridgehead atoms. The minimum Gasteiger partial charge on any atom is -0.477 e. The third-order valence-electron chi connectivity index (χ3n) is 6.13. The van der Waals surface area contributed by atoms with Crippen LogP contribution in [0.3, 0.4) is 0 Å². The van der Waals surface area contributed by atoms with Crippen LogP contribution >= 0.6 is 11.6 Å². The lowest BCUT2D eigenvalue weighted by molar-refractivity contribution is -0.134. The Morgan fingerprint density at radius 2 is 1.94 bits per heavy atom. The van der Waals surface area contributed by atoms with Crippen LogP contribution in [0.15, 0.2) is 30.3 Å². The summed E-state index contributed by atoms with van der Waals surface area (Å²) in [5, 5.41) is 24.3. The Labute approximate surface area is 187 Å². The Balaban J connectivity index is 1.49. The van der Waals surface area contributed by atoms with Crippen molar-refractivity contribution in [3.05, 3.63) is 46.6 Å². The van der Waals surface area contributed by atoms with Gasteiger partial charge >= 0.3 is 0 Å². The number of ether oxygens (including phenoxy) is 1.